The third-order valence-corrected chi connectivity index (χ3v) is 1.30. The van der Waals surface area contributed by atoms with Gasteiger partial charge < -0.3 is 5.73 Å². The van der Waals surface area contributed by atoms with Gasteiger partial charge in [-0.2, -0.15) is 4.68 Å². The molecule has 0 saturated heterocycles. The van der Waals surface area contributed by atoms with Gasteiger partial charge in [-0.3, -0.25) is 9.78 Å². The topological polar surface area (TPSA) is 93.2 Å². The van der Waals surface area contributed by atoms with E-state index in [2.05, 4.69) is 22.5 Å². The Morgan fingerprint density at radius 3 is 2.82 bits per heavy atom. The van der Waals surface area contributed by atoms with Crippen LogP contribution in [0, 0.1) is 9.68 Å². The molecule has 6 nitrogen and oxygen atoms in total. The van der Waals surface area contributed by atoms with Crippen molar-refractivity contribution in [3.63, 3.8) is 0 Å². The monoisotopic (exact) mass is 172 g/mol. The van der Waals surface area contributed by atoms with Gasteiger partial charge in [0.05, 0.1) is 5.29 Å². The van der Waals surface area contributed by atoms with Gasteiger partial charge in [0.15, 0.2) is 0 Å². The van der Waals surface area contributed by atoms with Gasteiger partial charge in [0.1, 0.15) is 5.82 Å². The minimum atomic E-state index is -0.451. The van der Waals surface area contributed by atoms with Crippen molar-refractivity contribution >= 4 is 18.0 Å². The highest BCUT2D eigenvalue weighted by molar-refractivity contribution is 7.71. The molecule has 0 fully saturated rings. The quantitative estimate of drug-likeness (QED) is 0.461. The molecule has 1 rings (SSSR count). The Morgan fingerprint density at radius 1 is 1.73 bits per heavy atom. The van der Waals surface area contributed by atoms with E-state index in [-0.39, 0.29) is 10.6 Å². The molecule has 3 N–H and O–H groups in total. The minimum absolute atomic E-state index is 0.0752. The van der Waals surface area contributed by atoms with Gasteiger partial charge in [-0.25, -0.2) is 0 Å². The first-order chi connectivity index (χ1) is 5.15. The third kappa shape index (κ3) is 1.32. The molecular formula is C4H4N4O2S. The van der Waals surface area contributed by atoms with Crippen LogP contribution in [0.4, 0.5) is 5.82 Å². The molecule has 0 amide bonds. The van der Waals surface area contributed by atoms with E-state index >= 15 is 0 Å². The molecule has 11 heavy (non-hydrogen) atoms. The van der Waals surface area contributed by atoms with Gasteiger partial charge in [0.2, 0.25) is 4.77 Å². The minimum Gasteiger partial charge on any atom is -0.383 e. The molecule has 0 radical (unpaired) electrons. The Bertz CT molecular complexity index is 392. The van der Waals surface area contributed by atoms with Gasteiger partial charge in [-0.05, 0) is 12.2 Å². The number of nitrogen functional groups attached to an aromatic ring is 1. The Hall–Kier alpha value is -1.50. The average molecular weight is 172 g/mol. The van der Waals surface area contributed by atoms with Crippen LogP contribution in [-0.4, -0.2) is 9.66 Å². The molecular weight excluding hydrogens is 168 g/mol. The summed E-state index contributed by atoms with van der Waals surface area (Å²) in [6, 6.07) is 1.02. The number of H-pyrrole nitrogens is 1. The molecule has 58 valence electrons. The molecule has 0 aromatic carbocycles. The van der Waals surface area contributed by atoms with Gasteiger partial charge in [-0.1, -0.05) is 0 Å². The fraction of sp³-hybridized carbons (Fsp3) is 0. The Kier molecular flexibility index (Phi) is 1.81. The van der Waals surface area contributed by atoms with Crippen LogP contribution < -0.4 is 11.3 Å². The first-order valence-electron chi connectivity index (χ1n) is 2.60. The second kappa shape index (κ2) is 2.62. The number of hydrogen-bond acceptors (Lipinski definition) is 5. The van der Waals surface area contributed by atoms with Crippen molar-refractivity contribution in [1.29, 1.82) is 0 Å². The van der Waals surface area contributed by atoms with Crippen molar-refractivity contribution in [3.05, 3.63) is 26.1 Å². The maximum absolute atomic E-state index is 10.6. The number of nitrogens with one attached hydrogen (secondary N) is 1. The summed E-state index contributed by atoms with van der Waals surface area (Å²) in [6.07, 6.45) is 0. The normalized spacial score (nSPS) is 9.45. The lowest BCUT2D eigenvalue weighted by Crippen LogP contribution is -2.13. The number of anilines is 1. The molecule has 7 heteroatoms. The molecule has 0 saturated carbocycles. The summed E-state index contributed by atoms with van der Waals surface area (Å²) in [7, 11) is 0. The SMILES string of the molecule is Nc1cc(=O)[nH]c(=S)n1N=O. The van der Waals surface area contributed by atoms with Gasteiger partial charge in [0, 0.05) is 6.07 Å². The summed E-state index contributed by atoms with van der Waals surface area (Å²) in [5, 5.41) is 2.48. The molecule has 0 atom stereocenters. The molecule has 1 heterocycles. The first-order valence-corrected chi connectivity index (χ1v) is 3.01. The van der Waals surface area contributed by atoms with E-state index in [0.717, 1.165) is 10.7 Å². The first kappa shape index (κ1) is 7.61. The van der Waals surface area contributed by atoms with Crippen molar-refractivity contribution in [2.24, 2.45) is 5.29 Å². The van der Waals surface area contributed by atoms with Crippen molar-refractivity contribution in [2.75, 3.05) is 5.73 Å². The van der Waals surface area contributed by atoms with E-state index in [1.165, 1.54) is 0 Å². The number of rotatable bonds is 1. The standard InChI is InChI=1S/C4H4N4O2S/c5-2-1-3(9)6-4(11)8(2)7-10/h1H,5H2,(H,6,9,11). The van der Waals surface area contributed by atoms with Gasteiger partial charge in [0.25, 0.3) is 5.56 Å². The van der Waals surface area contributed by atoms with E-state index < -0.39 is 5.56 Å². The van der Waals surface area contributed by atoms with Crippen LogP contribution in [0.15, 0.2) is 16.1 Å². The lowest BCUT2D eigenvalue weighted by atomic mass is 10.6. The highest BCUT2D eigenvalue weighted by Crippen LogP contribution is 1.96. The summed E-state index contributed by atoms with van der Waals surface area (Å²) in [5.41, 5.74) is 4.76. The third-order valence-electron chi connectivity index (χ3n) is 1.03. The lowest BCUT2D eigenvalue weighted by molar-refractivity contribution is 0.810. The van der Waals surface area contributed by atoms with E-state index in [9.17, 15) is 9.70 Å². The van der Waals surface area contributed by atoms with E-state index in [4.69, 9.17) is 5.73 Å². The van der Waals surface area contributed by atoms with Crippen LogP contribution in [0.25, 0.3) is 0 Å². The second-order valence-electron chi connectivity index (χ2n) is 1.76. The molecule has 0 bridgehead atoms. The average Bonchev–Trinajstić information content (AvgIpc) is 1.85. The molecule has 0 spiro atoms. The zero-order valence-electron chi connectivity index (χ0n) is 5.27. The maximum atomic E-state index is 10.6. The molecule has 0 unspecified atom stereocenters. The number of aromatic amines is 1. The molecule has 1 aromatic heterocycles. The lowest BCUT2D eigenvalue weighted by Gasteiger charge is -1.96. The fourth-order valence-corrected chi connectivity index (χ4v) is 0.831. The van der Waals surface area contributed by atoms with E-state index in [1.807, 2.05) is 0 Å². The molecule has 0 aliphatic rings. The number of nitrogens with two attached hydrogens (primary N) is 1. The number of aromatic nitrogens is 2. The summed E-state index contributed by atoms with van der Waals surface area (Å²) >= 11 is 4.56. The van der Waals surface area contributed by atoms with Crippen molar-refractivity contribution in [2.45, 2.75) is 0 Å². The number of hydrogen-bond donors (Lipinski definition) is 2. The fourth-order valence-electron chi connectivity index (χ4n) is 0.591. The van der Waals surface area contributed by atoms with Gasteiger partial charge >= 0.3 is 0 Å². The van der Waals surface area contributed by atoms with Crippen LogP contribution in [0.3, 0.4) is 0 Å². The zero-order chi connectivity index (χ0) is 8.43. The summed E-state index contributed by atoms with van der Waals surface area (Å²) in [6.45, 7) is 0. The smallest absolute Gasteiger partial charge is 0.253 e. The highest BCUT2D eigenvalue weighted by atomic mass is 32.1. The van der Waals surface area contributed by atoms with Crippen LogP contribution in [0.2, 0.25) is 0 Å². The Balaban J connectivity index is 3.62. The van der Waals surface area contributed by atoms with Crippen molar-refractivity contribution in [3.8, 4) is 0 Å². The van der Waals surface area contributed by atoms with Crippen LogP contribution in [0.5, 0.6) is 0 Å². The predicted octanol–water partition coefficient (Wildman–Crippen LogP) is 0.0176. The predicted molar refractivity (Wildman–Crippen MR) is 41.5 cm³/mol. The van der Waals surface area contributed by atoms with E-state index in [0.29, 0.717) is 0 Å². The summed E-state index contributed by atoms with van der Waals surface area (Å²) < 4.78 is 0.613. The number of nitroso groups, excluding NO2 is 1. The summed E-state index contributed by atoms with van der Waals surface area (Å²) in [5.74, 6) is -0.0752. The zero-order valence-corrected chi connectivity index (χ0v) is 6.09. The summed E-state index contributed by atoms with van der Waals surface area (Å²) in [4.78, 5) is 22.8. The van der Waals surface area contributed by atoms with Crippen molar-refractivity contribution < 1.29 is 0 Å². The largest absolute Gasteiger partial charge is 0.383 e. The van der Waals surface area contributed by atoms with Crippen molar-refractivity contribution in [1.82, 2.24) is 9.66 Å². The molecule has 1 aromatic rings. The molecule has 0 aliphatic heterocycles. The second-order valence-corrected chi connectivity index (χ2v) is 2.14. The van der Waals surface area contributed by atoms with Crippen LogP contribution in [0.1, 0.15) is 0 Å². The Labute approximate surface area is 65.6 Å². The molecule has 0 aliphatic carbocycles. The van der Waals surface area contributed by atoms with E-state index in [1.54, 1.807) is 0 Å². The maximum Gasteiger partial charge on any atom is 0.253 e. The highest BCUT2D eigenvalue weighted by Gasteiger charge is 1.97. The van der Waals surface area contributed by atoms with Crippen LogP contribution >= 0.6 is 12.2 Å². The Morgan fingerprint density at radius 2 is 2.36 bits per heavy atom. The van der Waals surface area contributed by atoms with Gasteiger partial charge in [-0.15, -0.1) is 4.91 Å². The van der Waals surface area contributed by atoms with Crippen LogP contribution in [-0.2, 0) is 0 Å². The number of nitrogens with zero attached hydrogens (tertiary/aromatic N) is 2.